The Balaban J connectivity index is 1.96. The number of carboxylic acid groups (broad SMARTS) is 1. The van der Waals surface area contributed by atoms with Crippen LogP contribution >= 0.6 is 23.2 Å². The predicted molar refractivity (Wildman–Crippen MR) is 120 cm³/mol. The van der Waals surface area contributed by atoms with Gasteiger partial charge in [0.15, 0.2) is 0 Å². The first kappa shape index (κ1) is 24.5. The molecule has 0 aromatic heterocycles. The third-order valence-corrected chi connectivity index (χ3v) is 4.74. The minimum absolute atomic E-state index is 0.176. The molecule has 2 aromatic carbocycles. The summed E-state index contributed by atoms with van der Waals surface area (Å²) in [6.07, 6.45) is -0.205. The van der Waals surface area contributed by atoms with Gasteiger partial charge in [-0.05, 0) is 63.4 Å². The topological polar surface area (TPSA) is 105 Å². The molecule has 2 rings (SSSR count). The second-order valence-electron chi connectivity index (χ2n) is 7.82. The molecule has 0 aliphatic rings. The highest BCUT2D eigenvalue weighted by molar-refractivity contribution is 6.40. The van der Waals surface area contributed by atoms with Gasteiger partial charge < -0.3 is 20.5 Å². The molecule has 3 N–H and O–H groups in total. The fraction of sp³-hybridized carbons (Fsp3) is 0.318. The van der Waals surface area contributed by atoms with Crippen molar-refractivity contribution in [2.75, 3.05) is 5.32 Å². The number of nitrogens with one attached hydrogen (secondary N) is 2. The summed E-state index contributed by atoms with van der Waals surface area (Å²) >= 11 is 12.1. The van der Waals surface area contributed by atoms with Crippen molar-refractivity contribution in [1.82, 2.24) is 5.32 Å². The first-order chi connectivity index (χ1) is 14.5. The van der Waals surface area contributed by atoms with E-state index in [1.165, 1.54) is 0 Å². The van der Waals surface area contributed by atoms with E-state index < -0.39 is 29.6 Å². The minimum Gasteiger partial charge on any atom is -0.480 e. The van der Waals surface area contributed by atoms with Gasteiger partial charge in [-0.15, -0.1) is 0 Å². The Morgan fingerprint density at radius 1 is 1.03 bits per heavy atom. The van der Waals surface area contributed by atoms with E-state index in [1.54, 1.807) is 63.2 Å². The van der Waals surface area contributed by atoms with Crippen LogP contribution in [0.1, 0.15) is 43.1 Å². The molecule has 0 heterocycles. The normalized spacial score (nSPS) is 12.0. The SMILES string of the molecule is CC(C)(C)OC(=O)NC(CCc1ccc(NC(=O)c2c(Cl)cccc2Cl)cc1)C(=O)O. The Morgan fingerprint density at radius 2 is 1.61 bits per heavy atom. The number of halogens is 2. The maximum atomic E-state index is 12.4. The molecule has 166 valence electrons. The van der Waals surface area contributed by atoms with E-state index >= 15 is 0 Å². The van der Waals surface area contributed by atoms with Crippen molar-refractivity contribution in [2.24, 2.45) is 0 Å². The molecule has 1 unspecified atom stereocenters. The van der Waals surface area contributed by atoms with Crippen LogP contribution in [-0.2, 0) is 16.0 Å². The molecule has 7 nitrogen and oxygen atoms in total. The number of hydrogen-bond acceptors (Lipinski definition) is 4. The standard InChI is InChI=1S/C22H24Cl2N2O5/c1-22(2,3)31-21(30)26-17(20(28)29)12-9-13-7-10-14(11-8-13)25-19(27)18-15(23)5-4-6-16(18)24/h4-8,10-11,17H,9,12H2,1-3H3,(H,25,27)(H,26,30)(H,28,29). The lowest BCUT2D eigenvalue weighted by Crippen LogP contribution is -2.43. The van der Waals surface area contributed by atoms with Crippen LogP contribution in [0, 0.1) is 0 Å². The van der Waals surface area contributed by atoms with Gasteiger partial charge in [0.05, 0.1) is 15.6 Å². The van der Waals surface area contributed by atoms with Gasteiger partial charge in [-0.25, -0.2) is 9.59 Å². The molecular formula is C22H24Cl2N2O5. The number of carbonyl (C=O) groups excluding carboxylic acids is 2. The number of aliphatic carboxylic acids is 1. The second-order valence-corrected chi connectivity index (χ2v) is 8.64. The van der Waals surface area contributed by atoms with Crippen molar-refractivity contribution in [3.8, 4) is 0 Å². The lowest BCUT2D eigenvalue weighted by molar-refractivity contribution is -0.139. The average molecular weight is 467 g/mol. The highest BCUT2D eigenvalue weighted by Crippen LogP contribution is 2.25. The molecular weight excluding hydrogens is 443 g/mol. The van der Waals surface area contributed by atoms with E-state index in [-0.39, 0.29) is 22.0 Å². The Hall–Kier alpha value is -2.77. The van der Waals surface area contributed by atoms with E-state index in [0.717, 1.165) is 5.56 Å². The number of aryl methyl sites for hydroxylation is 1. The fourth-order valence-corrected chi connectivity index (χ4v) is 3.25. The van der Waals surface area contributed by atoms with Gasteiger partial charge in [0, 0.05) is 5.69 Å². The number of hydrogen-bond donors (Lipinski definition) is 3. The van der Waals surface area contributed by atoms with Gasteiger partial charge in [0.25, 0.3) is 5.91 Å². The average Bonchev–Trinajstić information content (AvgIpc) is 2.64. The molecule has 0 radical (unpaired) electrons. The first-order valence-electron chi connectivity index (χ1n) is 9.53. The van der Waals surface area contributed by atoms with Crippen molar-refractivity contribution in [3.63, 3.8) is 0 Å². The number of anilines is 1. The lowest BCUT2D eigenvalue weighted by atomic mass is 10.0. The molecule has 9 heteroatoms. The molecule has 0 saturated carbocycles. The molecule has 0 fully saturated rings. The van der Waals surface area contributed by atoms with Crippen LogP contribution in [0.25, 0.3) is 0 Å². The summed E-state index contributed by atoms with van der Waals surface area (Å²) in [5, 5.41) is 14.9. The maximum Gasteiger partial charge on any atom is 0.408 e. The largest absolute Gasteiger partial charge is 0.480 e. The molecule has 0 aliphatic carbocycles. The molecule has 2 aromatic rings. The number of rotatable bonds is 7. The first-order valence-corrected chi connectivity index (χ1v) is 10.3. The summed E-state index contributed by atoms with van der Waals surface area (Å²) < 4.78 is 5.10. The van der Waals surface area contributed by atoms with Gasteiger partial charge in [-0.2, -0.15) is 0 Å². The van der Waals surface area contributed by atoms with Crippen LogP contribution in [0.15, 0.2) is 42.5 Å². The van der Waals surface area contributed by atoms with Crippen LogP contribution in [0.4, 0.5) is 10.5 Å². The third-order valence-electron chi connectivity index (χ3n) is 4.11. The summed E-state index contributed by atoms with van der Waals surface area (Å²) in [4.78, 5) is 35.7. The summed E-state index contributed by atoms with van der Waals surface area (Å²) in [7, 11) is 0. The summed E-state index contributed by atoms with van der Waals surface area (Å²) in [5.74, 6) is -1.58. The zero-order chi connectivity index (χ0) is 23.2. The van der Waals surface area contributed by atoms with Crippen LogP contribution in [0.3, 0.4) is 0 Å². The van der Waals surface area contributed by atoms with E-state index in [4.69, 9.17) is 27.9 Å². The number of benzene rings is 2. The van der Waals surface area contributed by atoms with Gasteiger partial charge in [-0.1, -0.05) is 41.4 Å². The third kappa shape index (κ3) is 7.77. The van der Waals surface area contributed by atoms with Crippen LogP contribution in [0.5, 0.6) is 0 Å². The van der Waals surface area contributed by atoms with E-state index in [2.05, 4.69) is 10.6 Å². The van der Waals surface area contributed by atoms with Crippen molar-refractivity contribution in [3.05, 3.63) is 63.6 Å². The molecule has 2 amide bonds. The zero-order valence-corrected chi connectivity index (χ0v) is 18.9. The number of amides is 2. The van der Waals surface area contributed by atoms with Crippen LogP contribution < -0.4 is 10.6 Å². The van der Waals surface area contributed by atoms with Gasteiger partial charge in [0.2, 0.25) is 0 Å². The Kier molecular flexibility index (Phi) is 8.30. The molecule has 0 aliphatic heterocycles. The Bertz CT molecular complexity index is 935. The van der Waals surface area contributed by atoms with Gasteiger partial charge >= 0.3 is 12.1 Å². The summed E-state index contributed by atoms with van der Waals surface area (Å²) in [5.41, 5.74) is 0.839. The van der Waals surface area contributed by atoms with Crippen LogP contribution in [-0.4, -0.2) is 34.7 Å². The van der Waals surface area contributed by atoms with E-state index in [9.17, 15) is 19.5 Å². The number of ether oxygens (including phenoxy) is 1. The monoisotopic (exact) mass is 466 g/mol. The number of carboxylic acids is 1. The lowest BCUT2D eigenvalue weighted by Gasteiger charge is -2.22. The second kappa shape index (κ2) is 10.5. The minimum atomic E-state index is -1.15. The molecule has 0 bridgehead atoms. The predicted octanol–water partition coefficient (Wildman–Crippen LogP) is 5.16. The van der Waals surface area contributed by atoms with Crippen molar-refractivity contribution in [1.29, 1.82) is 0 Å². The van der Waals surface area contributed by atoms with Crippen molar-refractivity contribution >= 4 is 46.9 Å². The number of alkyl carbamates (subject to hydrolysis) is 1. The summed E-state index contributed by atoms with van der Waals surface area (Å²) in [6.45, 7) is 5.09. The highest BCUT2D eigenvalue weighted by Gasteiger charge is 2.23. The Labute approximate surface area is 190 Å². The van der Waals surface area contributed by atoms with Crippen molar-refractivity contribution in [2.45, 2.75) is 45.3 Å². The van der Waals surface area contributed by atoms with E-state index in [1.807, 2.05) is 0 Å². The highest BCUT2D eigenvalue weighted by atomic mass is 35.5. The van der Waals surface area contributed by atoms with E-state index in [0.29, 0.717) is 12.1 Å². The smallest absolute Gasteiger partial charge is 0.408 e. The van der Waals surface area contributed by atoms with Crippen LogP contribution in [0.2, 0.25) is 10.0 Å². The maximum absolute atomic E-state index is 12.4. The Morgan fingerprint density at radius 3 is 2.13 bits per heavy atom. The number of carbonyl (C=O) groups is 3. The molecule has 1 atom stereocenters. The molecule has 0 saturated heterocycles. The zero-order valence-electron chi connectivity index (χ0n) is 17.4. The van der Waals surface area contributed by atoms with Gasteiger partial charge in [0.1, 0.15) is 11.6 Å². The molecule has 31 heavy (non-hydrogen) atoms. The molecule has 0 spiro atoms. The fourth-order valence-electron chi connectivity index (χ4n) is 2.68. The van der Waals surface area contributed by atoms with Gasteiger partial charge in [-0.3, -0.25) is 4.79 Å². The quantitative estimate of drug-likeness (QED) is 0.522. The van der Waals surface area contributed by atoms with Crippen molar-refractivity contribution < 1.29 is 24.2 Å². The summed E-state index contributed by atoms with van der Waals surface area (Å²) in [6, 6.07) is 10.6.